The Balaban J connectivity index is 1.51. The van der Waals surface area contributed by atoms with Crippen LogP contribution in [-0.2, 0) is 17.6 Å². The molecular formula is C20H22N4O3. The van der Waals surface area contributed by atoms with Gasteiger partial charge in [0, 0.05) is 44.4 Å². The zero-order valence-electron chi connectivity index (χ0n) is 15.5. The van der Waals surface area contributed by atoms with Crippen molar-refractivity contribution in [1.82, 2.24) is 20.1 Å². The van der Waals surface area contributed by atoms with Crippen molar-refractivity contribution in [2.45, 2.75) is 19.3 Å². The Morgan fingerprint density at radius 2 is 1.96 bits per heavy atom. The van der Waals surface area contributed by atoms with Gasteiger partial charge < -0.3 is 14.1 Å². The molecule has 0 fully saturated rings. The summed E-state index contributed by atoms with van der Waals surface area (Å²) in [5.41, 5.74) is 1.94. The highest BCUT2D eigenvalue weighted by molar-refractivity contribution is 5.76. The Hall–Kier alpha value is -3.22. The van der Waals surface area contributed by atoms with Crippen molar-refractivity contribution in [1.29, 1.82) is 0 Å². The fraction of sp³-hybridized carbons (Fsp3) is 0.300. The van der Waals surface area contributed by atoms with E-state index in [2.05, 4.69) is 15.2 Å². The van der Waals surface area contributed by atoms with Crippen LogP contribution in [0.4, 0.5) is 0 Å². The number of benzene rings is 1. The summed E-state index contributed by atoms with van der Waals surface area (Å²) < 4.78 is 10.9. The number of aryl methyl sites for hydroxylation is 1. The molecule has 0 spiro atoms. The number of rotatable bonds is 8. The van der Waals surface area contributed by atoms with Crippen molar-refractivity contribution in [3.63, 3.8) is 0 Å². The van der Waals surface area contributed by atoms with Crippen LogP contribution in [0, 0.1) is 0 Å². The number of amides is 1. The number of hydrogen-bond donors (Lipinski definition) is 0. The Morgan fingerprint density at radius 1 is 1.15 bits per heavy atom. The lowest BCUT2D eigenvalue weighted by molar-refractivity contribution is -0.129. The average molecular weight is 366 g/mol. The van der Waals surface area contributed by atoms with Crippen molar-refractivity contribution in [2.75, 3.05) is 20.7 Å². The van der Waals surface area contributed by atoms with Crippen LogP contribution in [0.2, 0.25) is 0 Å². The molecule has 3 rings (SSSR count). The lowest BCUT2D eigenvalue weighted by atomic mass is 10.2. The third kappa shape index (κ3) is 5.13. The SMILES string of the molecule is COc1cccc(-c2nnc(CCC(=O)N(C)CCc3ccncc3)o2)c1. The molecule has 7 nitrogen and oxygen atoms in total. The summed E-state index contributed by atoms with van der Waals surface area (Å²) in [7, 11) is 3.41. The fourth-order valence-corrected chi connectivity index (χ4v) is 2.60. The van der Waals surface area contributed by atoms with Crippen molar-refractivity contribution in [2.24, 2.45) is 0 Å². The number of hydrogen-bond acceptors (Lipinski definition) is 6. The molecule has 1 aromatic carbocycles. The molecular weight excluding hydrogens is 344 g/mol. The molecule has 0 radical (unpaired) electrons. The van der Waals surface area contributed by atoms with Crippen LogP contribution in [0.25, 0.3) is 11.5 Å². The quantitative estimate of drug-likeness (QED) is 0.610. The molecule has 2 aromatic heterocycles. The summed E-state index contributed by atoms with van der Waals surface area (Å²) in [5, 5.41) is 8.10. The van der Waals surface area contributed by atoms with Gasteiger partial charge in [0.05, 0.1) is 7.11 Å². The van der Waals surface area contributed by atoms with Crippen LogP contribution < -0.4 is 4.74 Å². The minimum atomic E-state index is 0.0465. The van der Waals surface area contributed by atoms with E-state index >= 15 is 0 Å². The second kappa shape index (κ2) is 8.93. The number of carbonyl (C=O) groups is 1. The van der Waals surface area contributed by atoms with E-state index < -0.39 is 0 Å². The first-order chi connectivity index (χ1) is 13.2. The molecule has 0 bridgehead atoms. The summed E-state index contributed by atoms with van der Waals surface area (Å²) in [4.78, 5) is 18.0. The number of carbonyl (C=O) groups excluding carboxylic acids is 1. The van der Waals surface area contributed by atoms with Gasteiger partial charge in [0.25, 0.3) is 0 Å². The van der Waals surface area contributed by atoms with Gasteiger partial charge in [0.2, 0.25) is 17.7 Å². The van der Waals surface area contributed by atoms with E-state index in [1.807, 2.05) is 36.4 Å². The van der Waals surface area contributed by atoms with Crippen molar-refractivity contribution >= 4 is 5.91 Å². The summed E-state index contributed by atoms with van der Waals surface area (Å²) in [6.45, 7) is 0.655. The zero-order chi connectivity index (χ0) is 19.1. The van der Waals surface area contributed by atoms with Gasteiger partial charge in [-0.2, -0.15) is 0 Å². The molecule has 0 N–H and O–H groups in total. The number of ether oxygens (including phenoxy) is 1. The van der Waals surface area contributed by atoms with E-state index in [1.165, 1.54) is 0 Å². The normalized spacial score (nSPS) is 10.6. The largest absolute Gasteiger partial charge is 0.497 e. The lowest BCUT2D eigenvalue weighted by Gasteiger charge is -2.16. The van der Waals surface area contributed by atoms with Crippen LogP contribution in [-0.4, -0.2) is 46.7 Å². The van der Waals surface area contributed by atoms with Crippen LogP contribution >= 0.6 is 0 Å². The van der Waals surface area contributed by atoms with Crippen LogP contribution in [0.5, 0.6) is 5.75 Å². The van der Waals surface area contributed by atoms with Crippen molar-refractivity contribution in [3.8, 4) is 17.2 Å². The van der Waals surface area contributed by atoms with Gasteiger partial charge in [-0.25, -0.2) is 0 Å². The Kier molecular flexibility index (Phi) is 6.14. The summed E-state index contributed by atoms with van der Waals surface area (Å²) in [5.74, 6) is 1.63. The Morgan fingerprint density at radius 3 is 2.74 bits per heavy atom. The first kappa shape index (κ1) is 18.6. The number of methoxy groups -OCH3 is 1. The molecule has 0 saturated carbocycles. The van der Waals surface area contributed by atoms with Gasteiger partial charge >= 0.3 is 0 Å². The van der Waals surface area contributed by atoms with E-state index in [1.54, 1.807) is 31.5 Å². The second-order valence-electron chi connectivity index (χ2n) is 6.15. The maximum Gasteiger partial charge on any atom is 0.247 e. The molecule has 1 amide bonds. The maximum atomic E-state index is 12.3. The molecule has 2 heterocycles. The minimum absolute atomic E-state index is 0.0465. The number of aromatic nitrogens is 3. The maximum absolute atomic E-state index is 12.3. The van der Waals surface area contributed by atoms with Crippen molar-refractivity contribution < 1.29 is 13.9 Å². The summed E-state index contributed by atoms with van der Waals surface area (Å²) in [6, 6.07) is 11.3. The molecule has 0 atom stereocenters. The lowest BCUT2D eigenvalue weighted by Crippen LogP contribution is -2.29. The van der Waals surface area contributed by atoms with Gasteiger partial charge in [-0.3, -0.25) is 9.78 Å². The second-order valence-corrected chi connectivity index (χ2v) is 6.15. The minimum Gasteiger partial charge on any atom is -0.497 e. The molecule has 0 aliphatic rings. The molecule has 0 aliphatic heterocycles. The third-order valence-electron chi connectivity index (χ3n) is 4.25. The molecule has 27 heavy (non-hydrogen) atoms. The van der Waals surface area contributed by atoms with Crippen molar-refractivity contribution in [3.05, 3.63) is 60.2 Å². The molecule has 0 unspecified atom stereocenters. The van der Waals surface area contributed by atoms with Gasteiger partial charge in [-0.15, -0.1) is 10.2 Å². The number of pyridine rings is 1. The molecule has 0 aliphatic carbocycles. The molecule has 3 aromatic rings. The Bertz CT molecular complexity index is 880. The number of nitrogens with zero attached hydrogens (tertiary/aromatic N) is 4. The highest BCUT2D eigenvalue weighted by Gasteiger charge is 2.13. The van der Waals surface area contributed by atoms with E-state index in [0.717, 1.165) is 23.3 Å². The average Bonchev–Trinajstić information content (AvgIpc) is 3.20. The molecule has 7 heteroatoms. The standard InChI is InChI=1S/C20H22N4O3/c1-24(13-10-15-8-11-21-12-9-15)19(25)7-6-18-22-23-20(27-18)16-4-3-5-17(14-16)26-2/h3-5,8-9,11-12,14H,6-7,10,13H2,1-2H3. The van der Waals surface area contributed by atoms with Gasteiger partial charge in [-0.05, 0) is 42.3 Å². The van der Waals surface area contributed by atoms with Gasteiger partial charge in [0.1, 0.15) is 5.75 Å². The molecule has 0 saturated heterocycles. The fourth-order valence-electron chi connectivity index (χ4n) is 2.60. The van der Waals surface area contributed by atoms with Gasteiger partial charge in [0.15, 0.2) is 0 Å². The van der Waals surface area contributed by atoms with E-state index in [0.29, 0.717) is 31.2 Å². The van der Waals surface area contributed by atoms with Crippen LogP contribution in [0.1, 0.15) is 17.9 Å². The predicted molar refractivity (Wildman–Crippen MR) is 100 cm³/mol. The van der Waals surface area contributed by atoms with E-state index in [-0.39, 0.29) is 5.91 Å². The third-order valence-corrected chi connectivity index (χ3v) is 4.25. The highest BCUT2D eigenvalue weighted by atomic mass is 16.5. The zero-order valence-corrected chi connectivity index (χ0v) is 15.5. The monoisotopic (exact) mass is 366 g/mol. The predicted octanol–water partition coefficient (Wildman–Crippen LogP) is 2.77. The summed E-state index contributed by atoms with van der Waals surface area (Å²) >= 11 is 0. The highest BCUT2D eigenvalue weighted by Crippen LogP contribution is 2.22. The van der Waals surface area contributed by atoms with Gasteiger partial charge in [-0.1, -0.05) is 6.07 Å². The number of likely N-dealkylation sites (N-methyl/N-ethyl adjacent to an activating group) is 1. The van der Waals surface area contributed by atoms with Crippen LogP contribution in [0.15, 0.2) is 53.2 Å². The summed E-state index contributed by atoms with van der Waals surface area (Å²) in [6.07, 6.45) is 5.05. The first-order valence-corrected chi connectivity index (χ1v) is 8.75. The van der Waals surface area contributed by atoms with E-state index in [9.17, 15) is 4.79 Å². The Labute approximate surface area is 158 Å². The van der Waals surface area contributed by atoms with E-state index in [4.69, 9.17) is 9.15 Å². The first-order valence-electron chi connectivity index (χ1n) is 8.75. The topological polar surface area (TPSA) is 81.4 Å². The molecule has 140 valence electrons. The smallest absolute Gasteiger partial charge is 0.247 e. The van der Waals surface area contributed by atoms with Crippen LogP contribution in [0.3, 0.4) is 0 Å².